The molecule has 0 bridgehead atoms. The molecule has 1 fully saturated rings. The number of rotatable bonds is 2. The molecule has 0 aromatic rings. The van der Waals surface area contributed by atoms with E-state index in [4.69, 9.17) is 15.9 Å². The maximum Gasteiger partial charge on any atom is 2.00 e. The van der Waals surface area contributed by atoms with Gasteiger partial charge in [-0.3, -0.25) is 0 Å². The number of hydrogen-bond acceptors (Lipinski definition) is 2. The molecule has 1 aliphatic rings. The maximum atomic E-state index is 6.69. The molecule has 0 aromatic carbocycles. The van der Waals surface area contributed by atoms with Crippen LogP contribution in [0.15, 0.2) is 0 Å². The summed E-state index contributed by atoms with van der Waals surface area (Å²) in [5, 5.41) is 0. The first-order valence-electron chi connectivity index (χ1n) is 3.44. The SMILES string of the molecule is [C-]#CCCC1(C)OCCO1.[Cl-].[Mg+2]. The summed E-state index contributed by atoms with van der Waals surface area (Å²) in [5.74, 6) is 1.87. The Balaban J connectivity index is 0. The molecule has 1 rings (SSSR count). The fraction of sp³-hybridized carbons (Fsp3) is 0.750. The van der Waals surface area contributed by atoms with Crippen LogP contribution in [-0.4, -0.2) is 42.1 Å². The summed E-state index contributed by atoms with van der Waals surface area (Å²) in [6, 6.07) is 0. The second-order valence-corrected chi connectivity index (χ2v) is 2.51. The Morgan fingerprint density at radius 3 is 2.33 bits per heavy atom. The van der Waals surface area contributed by atoms with Gasteiger partial charge in [0.25, 0.3) is 0 Å². The summed E-state index contributed by atoms with van der Waals surface area (Å²) in [7, 11) is 0. The van der Waals surface area contributed by atoms with Crippen molar-refractivity contribution in [1.82, 2.24) is 0 Å². The van der Waals surface area contributed by atoms with E-state index in [0.29, 0.717) is 19.6 Å². The van der Waals surface area contributed by atoms with Crippen molar-refractivity contribution in [1.29, 1.82) is 0 Å². The molecule has 64 valence electrons. The monoisotopic (exact) mass is 198 g/mol. The van der Waals surface area contributed by atoms with Crippen LogP contribution in [0.4, 0.5) is 0 Å². The fourth-order valence-corrected chi connectivity index (χ4v) is 0.991. The molecule has 0 amide bonds. The molecular weight excluding hydrogens is 188 g/mol. The zero-order valence-corrected chi connectivity index (χ0v) is 9.40. The van der Waals surface area contributed by atoms with Gasteiger partial charge in [-0.1, -0.05) is 0 Å². The van der Waals surface area contributed by atoms with E-state index in [2.05, 4.69) is 5.92 Å². The molecule has 1 aliphatic heterocycles. The van der Waals surface area contributed by atoms with Gasteiger partial charge in [0.1, 0.15) is 0 Å². The second-order valence-electron chi connectivity index (χ2n) is 2.51. The van der Waals surface area contributed by atoms with Crippen LogP contribution in [0, 0.1) is 12.3 Å². The summed E-state index contributed by atoms with van der Waals surface area (Å²) >= 11 is 0. The van der Waals surface area contributed by atoms with Crippen LogP contribution in [0.3, 0.4) is 0 Å². The average Bonchev–Trinajstić information content (AvgIpc) is 2.33. The van der Waals surface area contributed by atoms with Gasteiger partial charge in [0, 0.05) is 6.42 Å². The van der Waals surface area contributed by atoms with Crippen LogP contribution in [0.25, 0.3) is 0 Å². The van der Waals surface area contributed by atoms with Gasteiger partial charge in [0.2, 0.25) is 0 Å². The van der Waals surface area contributed by atoms with E-state index in [0.717, 1.165) is 6.42 Å². The molecule has 0 saturated carbocycles. The molecule has 1 heterocycles. The molecule has 0 aliphatic carbocycles. The van der Waals surface area contributed by atoms with Crippen molar-refractivity contribution < 1.29 is 21.9 Å². The topological polar surface area (TPSA) is 18.5 Å². The number of hydrogen-bond donors (Lipinski definition) is 0. The molecule has 0 N–H and O–H groups in total. The first kappa shape index (κ1) is 15.0. The predicted octanol–water partition coefficient (Wildman–Crippen LogP) is -2.26. The third-order valence-electron chi connectivity index (χ3n) is 1.60. The molecule has 0 unspecified atom stereocenters. The van der Waals surface area contributed by atoms with E-state index in [1.54, 1.807) is 0 Å². The smallest absolute Gasteiger partial charge is 1.00 e. The van der Waals surface area contributed by atoms with Gasteiger partial charge < -0.3 is 34.2 Å². The molecule has 0 aromatic heterocycles. The summed E-state index contributed by atoms with van der Waals surface area (Å²) < 4.78 is 10.6. The van der Waals surface area contributed by atoms with Crippen molar-refractivity contribution in [3.8, 4) is 5.92 Å². The van der Waals surface area contributed by atoms with Gasteiger partial charge >= 0.3 is 23.1 Å². The van der Waals surface area contributed by atoms with Crippen LogP contribution >= 0.6 is 0 Å². The van der Waals surface area contributed by atoms with E-state index in [9.17, 15) is 0 Å². The van der Waals surface area contributed by atoms with Crippen LogP contribution < -0.4 is 12.4 Å². The van der Waals surface area contributed by atoms with Gasteiger partial charge in [-0.15, -0.1) is 0 Å². The van der Waals surface area contributed by atoms with E-state index in [-0.39, 0.29) is 35.5 Å². The van der Waals surface area contributed by atoms with Crippen molar-refractivity contribution in [2.24, 2.45) is 0 Å². The molecule has 4 heteroatoms. The summed E-state index contributed by atoms with van der Waals surface area (Å²) in [4.78, 5) is 0. The minimum Gasteiger partial charge on any atom is -1.00 e. The van der Waals surface area contributed by atoms with Gasteiger partial charge in [0.15, 0.2) is 5.79 Å². The minimum absolute atomic E-state index is 0. The zero-order valence-electron chi connectivity index (χ0n) is 7.23. The quantitative estimate of drug-likeness (QED) is 0.284. The van der Waals surface area contributed by atoms with E-state index >= 15 is 0 Å². The van der Waals surface area contributed by atoms with Crippen molar-refractivity contribution in [3.63, 3.8) is 0 Å². The van der Waals surface area contributed by atoms with Crippen molar-refractivity contribution in [2.75, 3.05) is 13.2 Å². The third-order valence-corrected chi connectivity index (χ3v) is 1.60. The Bertz CT molecular complexity index is 150. The van der Waals surface area contributed by atoms with Gasteiger partial charge in [0.05, 0.1) is 13.2 Å². The standard InChI is InChI=1S/C8H11O2.ClH.Mg/c1-3-4-5-8(2)9-6-7-10-8;;/h4-7H2,2H3;1H;/q-1;;+2/p-1. The van der Waals surface area contributed by atoms with E-state index in [1.807, 2.05) is 6.92 Å². The van der Waals surface area contributed by atoms with E-state index < -0.39 is 5.79 Å². The van der Waals surface area contributed by atoms with Crippen molar-refractivity contribution in [3.05, 3.63) is 6.42 Å². The van der Waals surface area contributed by atoms with Gasteiger partial charge in [-0.2, -0.15) is 0 Å². The molecule has 2 nitrogen and oxygen atoms in total. The van der Waals surface area contributed by atoms with Crippen LogP contribution in [0.1, 0.15) is 19.8 Å². The van der Waals surface area contributed by atoms with Crippen LogP contribution in [0.5, 0.6) is 0 Å². The Morgan fingerprint density at radius 1 is 1.42 bits per heavy atom. The average molecular weight is 199 g/mol. The predicted molar refractivity (Wildman–Crippen MR) is 42.4 cm³/mol. The van der Waals surface area contributed by atoms with Crippen molar-refractivity contribution in [2.45, 2.75) is 25.6 Å². The number of ether oxygens (including phenoxy) is 2. The molecule has 1 saturated heterocycles. The first-order chi connectivity index (χ1) is 4.77. The summed E-state index contributed by atoms with van der Waals surface area (Å²) in [5.41, 5.74) is 0. The largest absolute Gasteiger partial charge is 2.00 e. The van der Waals surface area contributed by atoms with Gasteiger partial charge in [-0.25, -0.2) is 0 Å². The number of halogens is 1. The Labute approximate surface area is 95.9 Å². The second kappa shape index (κ2) is 6.99. The fourth-order valence-electron chi connectivity index (χ4n) is 0.991. The maximum absolute atomic E-state index is 6.69. The first-order valence-corrected chi connectivity index (χ1v) is 3.44. The molecule has 12 heavy (non-hydrogen) atoms. The van der Waals surface area contributed by atoms with E-state index in [1.165, 1.54) is 0 Å². The van der Waals surface area contributed by atoms with Crippen LogP contribution in [-0.2, 0) is 9.47 Å². The third kappa shape index (κ3) is 4.53. The molecule has 0 radical (unpaired) electrons. The summed E-state index contributed by atoms with van der Waals surface area (Å²) in [6.45, 7) is 3.25. The summed E-state index contributed by atoms with van der Waals surface area (Å²) in [6.07, 6.45) is 8.03. The van der Waals surface area contributed by atoms with Crippen LogP contribution in [0.2, 0.25) is 0 Å². The van der Waals surface area contributed by atoms with Crippen molar-refractivity contribution >= 4 is 23.1 Å². The Morgan fingerprint density at radius 2 is 1.92 bits per heavy atom. The Kier molecular flexibility index (Phi) is 8.75. The Hall–Kier alpha value is 0.536. The molecule has 0 spiro atoms. The molecular formula is C8H11ClMgO2. The van der Waals surface area contributed by atoms with Gasteiger partial charge in [-0.05, 0) is 13.3 Å². The zero-order chi connectivity index (χ0) is 7.45. The minimum atomic E-state index is -0.436. The molecule has 0 atom stereocenters. The normalized spacial score (nSPS) is 18.7.